The number of rotatable bonds is 5. The van der Waals surface area contributed by atoms with Crippen molar-refractivity contribution in [1.29, 1.82) is 0 Å². The van der Waals surface area contributed by atoms with E-state index < -0.39 is 6.10 Å². The second kappa shape index (κ2) is 7.57. The van der Waals surface area contributed by atoms with Crippen LogP contribution in [0.4, 0.5) is 0 Å². The lowest BCUT2D eigenvalue weighted by Gasteiger charge is -2.27. The Labute approximate surface area is 133 Å². The number of aliphatic hydroxyl groups excluding tert-OH is 1. The number of hydrogen-bond acceptors (Lipinski definition) is 2. The molecule has 0 radical (unpaired) electrons. The summed E-state index contributed by atoms with van der Waals surface area (Å²) in [6.45, 7) is 3.37. The van der Waals surface area contributed by atoms with Crippen LogP contribution in [0.2, 0.25) is 0 Å². The van der Waals surface area contributed by atoms with Gasteiger partial charge in [-0.1, -0.05) is 61.0 Å². The minimum absolute atomic E-state index is 0.390. The lowest BCUT2D eigenvalue weighted by atomic mass is 9.94. The van der Waals surface area contributed by atoms with Crippen LogP contribution in [0.5, 0.6) is 0 Å². The Bertz CT molecular complexity index is 575. The second-order valence-electron chi connectivity index (χ2n) is 6.16. The summed E-state index contributed by atoms with van der Waals surface area (Å²) < 4.78 is 0. The van der Waals surface area contributed by atoms with E-state index in [1.54, 1.807) is 0 Å². The van der Waals surface area contributed by atoms with Crippen molar-refractivity contribution in [2.24, 2.45) is 0 Å². The van der Waals surface area contributed by atoms with Gasteiger partial charge in [0.25, 0.3) is 0 Å². The molecule has 2 nitrogen and oxygen atoms in total. The molecule has 0 spiro atoms. The summed E-state index contributed by atoms with van der Waals surface area (Å²) in [5.41, 5.74) is 3.37. The zero-order chi connectivity index (χ0) is 15.2. The van der Waals surface area contributed by atoms with Gasteiger partial charge in [0.1, 0.15) is 0 Å². The first-order chi connectivity index (χ1) is 10.8. The molecular formula is C20H25NO. The van der Waals surface area contributed by atoms with Gasteiger partial charge in [-0.05, 0) is 49.0 Å². The molecular weight excluding hydrogens is 270 g/mol. The molecule has 0 saturated carbocycles. The molecule has 0 amide bonds. The van der Waals surface area contributed by atoms with E-state index >= 15 is 0 Å². The summed E-state index contributed by atoms with van der Waals surface area (Å²) in [6, 6.07) is 18.6. The summed E-state index contributed by atoms with van der Waals surface area (Å²) in [5, 5.41) is 10.7. The fourth-order valence-corrected chi connectivity index (χ4v) is 3.31. The highest BCUT2D eigenvalue weighted by molar-refractivity contribution is 5.67. The molecule has 1 fully saturated rings. The predicted molar refractivity (Wildman–Crippen MR) is 91.7 cm³/mol. The monoisotopic (exact) mass is 295 g/mol. The Balaban J connectivity index is 1.71. The Morgan fingerprint density at radius 3 is 2.32 bits per heavy atom. The molecule has 1 saturated heterocycles. The van der Waals surface area contributed by atoms with Crippen molar-refractivity contribution in [3.8, 4) is 11.1 Å². The molecule has 1 heterocycles. The van der Waals surface area contributed by atoms with E-state index in [1.165, 1.54) is 37.9 Å². The van der Waals surface area contributed by atoms with Crippen LogP contribution >= 0.6 is 0 Å². The maximum atomic E-state index is 10.7. The maximum Gasteiger partial charge on any atom is 0.0808 e. The molecule has 2 heteroatoms. The molecule has 3 rings (SSSR count). The van der Waals surface area contributed by atoms with Gasteiger partial charge in [0.2, 0.25) is 0 Å². The Morgan fingerprint density at radius 1 is 0.864 bits per heavy atom. The first kappa shape index (κ1) is 15.3. The quantitative estimate of drug-likeness (QED) is 0.890. The third-order valence-corrected chi connectivity index (χ3v) is 4.57. The molecule has 1 atom stereocenters. The molecule has 1 aliphatic heterocycles. The number of aliphatic hydroxyl groups is 1. The van der Waals surface area contributed by atoms with Gasteiger partial charge in [-0.15, -0.1) is 0 Å². The highest BCUT2D eigenvalue weighted by Gasteiger charge is 2.16. The van der Waals surface area contributed by atoms with E-state index in [0.29, 0.717) is 0 Å². The molecule has 1 N–H and O–H groups in total. The van der Waals surface area contributed by atoms with E-state index in [9.17, 15) is 5.11 Å². The van der Waals surface area contributed by atoms with Crippen molar-refractivity contribution in [3.05, 3.63) is 60.2 Å². The Morgan fingerprint density at radius 2 is 1.55 bits per heavy atom. The second-order valence-corrected chi connectivity index (χ2v) is 6.16. The van der Waals surface area contributed by atoms with Crippen molar-refractivity contribution in [2.45, 2.75) is 31.8 Å². The summed E-state index contributed by atoms with van der Waals surface area (Å²) in [6.07, 6.45) is 4.38. The number of piperidine rings is 1. The minimum atomic E-state index is -0.390. The molecule has 22 heavy (non-hydrogen) atoms. The van der Waals surface area contributed by atoms with Crippen molar-refractivity contribution >= 4 is 0 Å². The third kappa shape index (κ3) is 3.76. The van der Waals surface area contributed by atoms with Gasteiger partial charge < -0.3 is 10.0 Å². The number of nitrogens with zero attached hydrogens (tertiary/aromatic N) is 1. The Kier molecular flexibility index (Phi) is 5.25. The normalized spacial score (nSPS) is 17.3. The number of likely N-dealkylation sites (tertiary alicyclic amines) is 1. The first-order valence-electron chi connectivity index (χ1n) is 8.39. The highest BCUT2D eigenvalue weighted by Crippen LogP contribution is 2.29. The van der Waals surface area contributed by atoms with Gasteiger partial charge in [0, 0.05) is 6.54 Å². The molecule has 2 aromatic carbocycles. The van der Waals surface area contributed by atoms with Crippen molar-refractivity contribution in [2.75, 3.05) is 19.6 Å². The largest absolute Gasteiger partial charge is 0.388 e. The van der Waals surface area contributed by atoms with Crippen LogP contribution in [0.1, 0.15) is 37.4 Å². The summed E-state index contributed by atoms with van der Waals surface area (Å²) >= 11 is 0. The average Bonchev–Trinajstić information content (AvgIpc) is 2.61. The van der Waals surface area contributed by atoms with Crippen LogP contribution in [0, 0.1) is 0 Å². The Hall–Kier alpha value is -1.64. The SMILES string of the molecule is OC(CCN1CCCCC1)c1ccccc1-c1ccccc1. The van der Waals surface area contributed by atoms with Gasteiger partial charge in [-0.25, -0.2) is 0 Å². The fourth-order valence-electron chi connectivity index (χ4n) is 3.31. The molecule has 116 valence electrons. The maximum absolute atomic E-state index is 10.7. The van der Waals surface area contributed by atoms with Crippen molar-refractivity contribution in [3.63, 3.8) is 0 Å². The van der Waals surface area contributed by atoms with E-state index in [0.717, 1.165) is 24.1 Å². The average molecular weight is 295 g/mol. The number of benzene rings is 2. The predicted octanol–water partition coefficient (Wildman–Crippen LogP) is 4.26. The summed E-state index contributed by atoms with van der Waals surface area (Å²) in [7, 11) is 0. The van der Waals surface area contributed by atoms with Crippen molar-refractivity contribution < 1.29 is 5.11 Å². The fraction of sp³-hybridized carbons (Fsp3) is 0.400. The molecule has 0 aliphatic carbocycles. The van der Waals surface area contributed by atoms with Crippen LogP contribution in [0.25, 0.3) is 11.1 Å². The molecule has 2 aromatic rings. The van der Waals surface area contributed by atoms with Crippen LogP contribution < -0.4 is 0 Å². The van der Waals surface area contributed by atoms with Gasteiger partial charge in [0.15, 0.2) is 0 Å². The lowest BCUT2D eigenvalue weighted by molar-refractivity contribution is 0.134. The molecule has 0 aromatic heterocycles. The van der Waals surface area contributed by atoms with E-state index in [4.69, 9.17) is 0 Å². The van der Waals surface area contributed by atoms with Crippen molar-refractivity contribution in [1.82, 2.24) is 4.90 Å². The molecule has 0 bridgehead atoms. The van der Waals surface area contributed by atoms with Gasteiger partial charge in [0.05, 0.1) is 6.10 Å². The van der Waals surface area contributed by atoms with Crippen LogP contribution in [-0.4, -0.2) is 29.6 Å². The zero-order valence-electron chi connectivity index (χ0n) is 13.1. The zero-order valence-corrected chi connectivity index (χ0v) is 13.1. The topological polar surface area (TPSA) is 23.5 Å². The van der Waals surface area contributed by atoms with Crippen LogP contribution in [-0.2, 0) is 0 Å². The van der Waals surface area contributed by atoms with E-state index in [1.807, 2.05) is 30.3 Å². The minimum Gasteiger partial charge on any atom is -0.388 e. The third-order valence-electron chi connectivity index (χ3n) is 4.57. The van der Waals surface area contributed by atoms with Gasteiger partial charge in [-0.3, -0.25) is 0 Å². The van der Waals surface area contributed by atoms with Crippen LogP contribution in [0.15, 0.2) is 54.6 Å². The van der Waals surface area contributed by atoms with E-state index in [-0.39, 0.29) is 0 Å². The number of hydrogen-bond donors (Lipinski definition) is 1. The summed E-state index contributed by atoms with van der Waals surface area (Å²) in [5.74, 6) is 0. The van der Waals surface area contributed by atoms with Crippen LogP contribution in [0.3, 0.4) is 0 Å². The molecule has 1 unspecified atom stereocenters. The van der Waals surface area contributed by atoms with E-state index in [2.05, 4.69) is 29.2 Å². The first-order valence-corrected chi connectivity index (χ1v) is 8.39. The smallest absolute Gasteiger partial charge is 0.0808 e. The standard InChI is InChI=1S/C20H25NO/c22-20(13-16-21-14-7-2-8-15-21)19-12-6-5-11-18(19)17-9-3-1-4-10-17/h1,3-6,9-12,20,22H,2,7-8,13-16H2. The highest BCUT2D eigenvalue weighted by atomic mass is 16.3. The van der Waals surface area contributed by atoms with Gasteiger partial charge in [-0.2, -0.15) is 0 Å². The molecule has 1 aliphatic rings. The summed E-state index contributed by atoms with van der Waals surface area (Å²) in [4.78, 5) is 2.48. The lowest BCUT2D eigenvalue weighted by Crippen LogP contribution is -2.31. The van der Waals surface area contributed by atoms with Gasteiger partial charge >= 0.3 is 0 Å².